The highest BCUT2D eigenvalue weighted by Gasteiger charge is 2.30. The predicted octanol–water partition coefficient (Wildman–Crippen LogP) is 3.94. The molecule has 0 aromatic heterocycles. The van der Waals surface area contributed by atoms with E-state index in [0.717, 1.165) is 17.7 Å². The summed E-state index contributed by atoms with van der Waals surface area (Å²) in [6.45, 7) is 0. The maximum Gasteiger partial charge on any atom is 0.416 e. The van der Waals surface area contributed by atoms with E-state index in [2.05, 4.69) is 10.6 Å². The zero-order valence-corrected chi connectivity index (χ0v) is 10.8. The first-order chi connectivity index (χ1) is 9.91. The molecule has 0 atom stereocenters. The van der Waals surface area contributed by atoms with E-state index in [-0.39, 0.29) is 5.91 Å². The Balaban J connectivity index is 1.85. The number of halogens is 3. The van der Waals surface area contributed by atoms with Crippen molar-refractivity contribution in [3.63, 3.8) is 0 Å². The molecule has 108 valence electrons. The molecule has 0 aliphatic carbocycles. The second-order valence-electron chi connectivity index (χ2n) is 4.80. The number of anilines is 3. The summed E-state index contributed by atoms with van der Waals surface area (Å²) in [6.07, 6.45) is -4.04. The molecule has 0 unspecified atom stereocenters. The summed E-state index contributed by atoms with van der Waals surface area (Å²) in [7, 11) is 0. The van der Waals surface area contributed by atoms with Crippen molar-refractivity contribution in [1.29, 1.82) is 0 Å². The molecular formula is C15H11F3N2O. The van der Waals surface area contributed by atoms with Crippen molar-refractivity contribution in [3.05, 3.63) is 53.6 Å². The van der Waals surface area contributed by atoms with E-state index < -0.39 is 11.7 Å². The number of alkyl halides is 3. The van der Waals surface area contributed by atoms with Gasteiger partial charge in [-0.25, -0.2) is 0 Å². The lowest BCUT2D eigenvalue weighted by Gasteiger charge is -2.11. The average Bonchev–Trinajstić information content (AvgIpc) is 2.77. The Hall–Kier alpha value is -2.50. The van der Waals surface area contributed by atoms with Crippen molar-refractivity contribution in [2.45, 2.75) is 12.6 Å². The fourth-order valence-corrected chi connectivity index (χ4v) is 2.23. The van der Waals surface area contributed by atoms with E-state index in [9.17, 15) is 18.0 Å². The largest absolute Gasteiger partial charge is 0.416 e. The summed E-state index contributed by atoms with van der Waals surface area (Å²) in [6, 6.07) is 10.2. The Morgan fingerprint density at radius 3 is 2.57 bits per heavy atom. The van der Waals surface area contributed by atoms with E-state index in [1.54, 1.807) is 24.3 Å². The predicted molar refractivity (Wildman–Crippen MR) is 73.5 cm³/mol. The van der Waals surface area contributed by atoms with Gasteiger partial charge in [-0.2, -0.15) is 13.2 Å². The second-order valence-corrected chi connectivity index (χ2v) is 4.80. The first-order valence-electron chi connectivity index (χ1n) is 6.29. The van der Waals surface area contributed by atoms with Gasteiger partial charge in [0.15, 0.2) is 0 Å². The number of hydrogen-bond donors (Lipinski definition) is 2. The van der Waals surface area contributed by atoms with Gasteiger partial charge in [-0.05, 0) is 35.9 Å². The molecule has 2 N–H and O–H groups in total. The van der Waals surface area contributed by atoms with Gasteiger partial charge < -0.3 is 10.6 Å². The minimum Gasteiger partial charge on any atom is -0.355 e. The third kappa shape index (κ3) is 2.84. The van der Waals surface area contributed by atoms with Gasteiger partial charge in [-0.3, -0.25) is 4.79 Å². The quantitative estimate of drug-likeness (QED) is 0.880. The van der Waals surface area contributed by atoms with Crippen molar-refractivity contribution >= 4 is 23.0 Å². The van der Waals surface area contributed by atoms with Crippen LogP contribution in [0.5, 0.6) is 0 Å². The van der Waals surface area contributed by atoms with Crippen LogP contribution >= 0.6 is 0 Å². The van der Waals surface area contributed by atoms with Gasteiger partial charge in [-0.15, -0.1) is 0 Å². The smallest absolute Gasteiger partial charge is 0.355 e. The zero-order chi connectivity index (χ0) is 15.0. The first kappa shape index (κ1) is 13.5. The van der Waals surface area contributed by atoms with E-state index in [1.807, 2.05) is 0 Å². The molecule has 6 heteroatoms. The summed E-state index contributed by atoms with van der Waals surface area (Å²) in [5, 5.41) is 5.61. The van der Waals surface area contributed by atoms with Gasteiger partial charge in [-0.1, -0.05) is 12.1 Å². The Bertz CT molecular complexity index is 710. The topological polar surface area (TPSA) is 41.1 Å². The number of benzene rings is 2. The van der Waals surface area contributed by atoms with Crippen LogP contribution in [0, 0.1) is 0 Å². The minimum atomic E-state index is -4.37. The molecular weight excluding hydrogens is 281 g/mol. The van der Waals surface area contributed by atoms with Crippen LogP contribution in [0.1, 0.15) is 11.1 Å². The van der Waals surface area contributed by atoms with Crippen LogP contribution in [0.4, 0.5) is 30.2 Å². The van der Waals surface area contributed by atoms with Gasteiger partial charge in [0.25, 0.3) is 0 Å². The minimum absolute atomic E-state index is 0.0822. The van der Waals surface area contributed by atoms with Gasteiger partial charge in [0, 0.05) is 17.1 Å². The van der Waals surface area contributed by atoms with Gasteiger partial charge in [0.2, 0.25) is 5.91 Å². The number of carbonyl (C=O) groups excluding carboxylic acids is 1. The van der Waals surface area contributed by atoms with Gasteiger partial charge in [0.05, 0.1) is 12.0 Å². The number of fused-ring (bicyclic) bond motifs is 1. The van der Waals surface area contributed by atoms with Crippen molar-refractivity contribution in [2.75, 3.05) is 10.6 Å². The van der Waals surface area contributed by atoms with Crippen LogP contribution in [0.2, 0.25) is 0 Å². The van der Waals surface area contributed by atoms with Crippen LogP contribution in [0.25, 0.3) is 0 Å². The van der Waals surface area contributed by atoms with Crippen molar-refractivity contribution < 1.29 is 18.0 Å². The molecule has 0 saturated heterocycles. The van der Waals surface area contributed by atoms with E-state index in [1.165, 1.54) is 6.07 Å². The number of rotatable bonds is 2. The third-order valence-corrected chi connectivity index (χ3v) is 3.21. The highest BCUT2D eigenvalue weighted by atomic mass is 19.4. The molecule has 1 amide bonds. The Labute approximate surface area is 118 Å². The number of nitrogens with one attached hydrogen (secondary N) is 2. The van der Waals surface area contributed by atoms with Gasteiger partial charge >= 0.3 is 6.18 Å². The summed E-state index contributed by atoms with van der Waals surface area (Å²) < 4.78 is 38.0. The number of hydrogen-bond acceptors (Lipinski definition) is 2. The average molecular weight is 292 g/mol. The normalized spacial score (nSPS) is 13.8. The molecule has 3 nitrogen and oxygen atoms in total. The third-order valence-electron chi connectivity index (χ3n) is 3.21. The molecule has 2 aromatic carbocycles. The molecule has 1 aliphatic heterocycles. The number of amides is 1. The van der Waals surface area contributed by atoms with Crippen LogP contribution in [-0.4, -0.2) is 5.91 Å². The van der Waals surface area contributed by atoms with Crippen LogP contribution in [-0.2, 0) is 17.4 Å². The standard InChI is InChI=1S/C15H11F3N2O/c16-15(17,18)10-2-1-3-11(7-10)19-12-5-4-9-6-14(21)20-13(9)8-12/h1-5,7-8,19H,6H2,(H,20,21). The molecule has 0 fully saturated rings. The highest BCUT2D eigenvalue weighted by molar-refractivity contribution is 5.99. The molecule has 0 bridgehead atoms. The van der Waals surface area contributed by atoms with Crippen molar-refractivity contribution in [3.8, 4) is 0 Å². The fourth-order valence-electron chi connectivity index (χ4n) is 2.23. The van der Waals surface area contributed by atoms with Gasteiger partial charge in [0.1, 0.15) is 0 Å². The molecule has 21 heavy (non-hydrogen) atoms. The highest BCUT2D eigenvalue weighted by Crippen LogP contribution is 2.32. The van der Waals surface area contributed by atoms with Crippen molar-refractivity contribution in [1.82, 2.24) is 0 Å². The Kier molecular flexibility index (Phi) is 3.08. The summed E-state index contributed by atoms with van der Waals surface area (Å²) in [4.78, 5) is 11.3. The summed E-state index contributed by atoms with van der Waals surface area (Å²) >= 11 is 0. The van der Waals surface area contributed by atoms with E-state index >= 15 is 0 Å². The molecule has 1 heterocycles. The lowest BCUT2D eigenvalue weighted by molar-refractivity contribution is -0.137. The number of carbonyl (C=O) groups is 1. The summed E-state index contributed by atoms with van der Waals surface area (Å²) in [5.41, 5.74) is 1.83. The summed E-state index contributed by atoms with van der Waals surface area (Å²) in [5.74, 6) is -0.0822. The second kappa shape index (κ2) is 4.80. The molecule has 0 saturated carbocycles. The first-order valence-corrected chi connectivity index (χ1v) is 6.29. The SMILES string of the molecule is O=C1Cc2ccc(Nc3cccc(C(F)(F)F)c3)cc2N1. The fraction of sp³-hybridized carbons (Fsp3) is 0.133. The molecule has 1 aliphatic rings. The van der Waals surface area contributed by atoms with Crippen LogP contribution in [0.3, 0.4) is 0 Å². The lowest BCUT2D eigenvalue weighted by Crippen LogP contribution is -2.05. The monoisotopic (exact) mass is 292 g/mol. The maximum absolute atomic E-state index is 12.7. The van der Waals surface area contributed by atoms with Crippen LogP contribution in [0.15, 0.2) is 42.5 Å². The zero-order valence-electron chi connectivity index (χ0n) is 10.8. The molecule has 2 aromatic rings. The van der Waals surface area contributed by atoms with E-state index in [0.29, 0.717) is 23.5 Å². The van der Waals surface area contributed by atoms with E-state index in [4.69, 9.17) is 0 Å². The Morgan fingerprint density at radius 2 is 1.81 bits per heavy atom. The van der Waals surface area contributed by atoms with Crippen molar-refractivity contribution in [2.24, 2.45) is 0 Å². The Morgan fingerprint density at radius 1 is 1.05 bits per heavy atom. The van der Waals surface area contributed by atoms with Crippen LogP contribution < -0.4 is 10.6 Å². The molecule has 3 rings (SSSR count). The molecule has 0 spiro atoms. The maximum atomic E-state index is 12.7. The molecule has 0 radical (unpaired) electrons. The lowest BCUT2D eigenvalue weighted by atomic mass is 10.1.